The number of halogens is 1. The van der Waals surface area contributed by atoms with E-state index in [1.165, 1.54) is 36.8 Å². The smallest absolute Gasteiger partial charge is 0.0991 e. The first-order chi connectivity index (χ1) is 15.2. The van der Waals surface area contributed by atoms with Gasteiger partial charge in [-0.2, -0.15) is 5.26 Å². The molecule has 0 bridgehead atoms. The molecule has 2 fully saturated rings. The van der Waals surface area contributed by atoms with Gasteiger partial charge in [0.05, 0.1) is 29.8 Å². The van der Waals surface area contributed by atoms with Crippen LogP contribution in [0.2, 0.25) is 0 Å². The van der Waals surface area contributed by atoms with Crippen molar-refractivity contribution in [2.75, 3.05) is 30.0 Å². The molecule has 0 amide bonds. The van der Waals surface area contributed by atoms with Gasteiger partial charge in [-0.25, -0.2) is 0 Å². The molecule has 2 aromatic carbocycles. The van der Waals surface area contributed by atoms with Gasteiger partial charge in [0.1, 0.15) is 0 Å². The van der Waals surface area contributed by atoms with Gasteiger partial charge in [-0.15, -0.1) is 12.4 Å². The Morgan fingerprint density at radius 2 is 1.84 bits per heavy atom. The zero-order chi connectivity index (χ0) is 21.2. The lowest BCUT2D eigenvalue weighted by Gasteiger charge is -2.28. The zero-order valence-electron chi connectivity index (χ0n) is 18.4. The van der Waals surface area contributed by atoms with Crippen molar-refractivity contribution < 1.29 is 4.74 Å². The summed E-state index contributed by atoms with van der Waals surface area (Å²) < 4.78 is 6.05. The van der Waals surface area contributed by atoms with E-state index in [9.17, 15) is 0 Å². The monoisotopic (exact) mass is 448 g/mol. The van der Waals surface area contributed by atoms with Crippen molar-refractivity contribution in [2.45, 2.75) is 38.6 Å². The third-order valence-corrected chi connectivity index (χ3v) is 6.27. The average Bonchev–Trinajstić information content (AvgIpc) is 3.49. The molecule has 1 saturated carbocycles. The molecule has 3 aromatic rings. The molecule has 0 unspecified atom stereocenters. The van der Waals surface area contributed by atoms with E-state index in [-0.39, 0.29) is 12.4 Å². The number of benzene rings is 2. The molecule has 0 radical (unpaired) electrons. The van der Waals surface area contributed by atoms with Crippen LogP contribution in [0.25, 0.3) is 10.9 Å². The predicted octanol–water partition coefficient (Wildman–Crippen LogP) is 5.98. The van der Waals surface area contributed by atoms with E-state index in [4.69, 9.17) is 15.0 Å². The summed E-state index contributed by atoms with van der Waals surface area (Å²) in [4.78, 5) is 7.34. The van der Waals surface area contributed by atoms with Gasteiger partial charge >= 0.3 is 0 Å². The molecule has 0 spiro atoms. The summed E-state index contributed by atoms with van der Waals surface area (Å²) in [5, 5.41) is 13.6. The third-order valence-electron chi connectivity index (χ3n) is 6.27. The van der Waals surface area contributed by atoms with E-state index in [0.29, 0.717) is 11.6 Å². The van der Waals surface area contributed by atoms with E-state index < -0.39 is 0 Å². The maximum atomic E-state index is 8.98. The maximum absolute atomic E-state index is 8.98. The van der Waals surface area contributed by atoms with Gasteiger partial charge < -0.3 is 15.0 Å². The number of nitriles is 1. The fourth-order valence-electron chi connectivity index (χ4n) is 4.43. The third kappa shape index (κ3) is 4.98. The molecule has 1 saturated heterocycles. The van der Waals surface area contributed by atoms with Crippen LogP contribution in [0.5, 0.6) is 0 Å². The van der Waals surface area contributed by atoms with Crippen LogP contribution in [0.1, 0.15) is 36.9 Å². The van der Waals surface area contributed by atoms with Crippen LogP contribution in [0, 0.1) is 24.2 Å². The Balaban J connectivity index is 0.00000245. The van der Waals surface area contributed by atoms with Crippen LogP contribution in [0.15, 0.2) is 48.5 Å². The van der Waals surface area contributed by atoms with Crippen LogP contribution in [0.4, 0.5) is 17.1 Å². The molecular weight excluding hydrogens is 420 g/mol. The highest BCUT2D eigenvalue weighted by Gasteiger charge is 2.28. The highest BCUT2D eigenvalue weighted by atomic mass is 35.5. The van der Waals surface area contributed by atoms with Crippen molar-refractivity contribution in [1.29, 1.82) is 5.26 Å². The Hall–Kier alpha value is -2.81. The quantitative estimate of drug-likeness (QED) is 0.482. The molecule has 166 valence electrons. The second-order valence-corrected chi connectivity index (χ2v) is 8.80. The Morgan fingerprint density at radius 1 is 1.06 bits per heavy atom. The molecule has 1 atom stereocenters. The number of anilines is 3. The molecule has 1 aliphatic carbocycles. The van der Waals surface area contributed by atoms with Crippen molar-refractivity contribution in [1.82, 2.24) is 4.98 Å². The van der Waals surface area contributed by atoms with Crippen molar-refractivity contribution in [3.8, 4) is 6.07 Å². The van der Waals surface area contributed by atoms with Gasteiger partial charge in [-0.05, 0) is 87.1 Å². The minimum absolute atomic E-state index is 0. The molecule has 5 nitrogen and oxygen atoms in total. The molecule has 2 heterocycles. The Morgan fingerprint density at radius 3 is 2.59 bits per heavy atom. The topological polar surface area (TPSA) is 61.2 Å². The van der Waals surface area contributed by atoms with Gasteiger partial charge in [-0.1, -0.05) is 0 Å². The highest BCUT2D eigenvalue weighted by Crippen LogP contribution is 2.35. The fraction of sp³-hybridized carbons (Fsp3) is 0.385. The van der Waals surface area contributed by atoms with Crippen LogP contribution >= 0.6 is 12.4 Å². The van der Waals surface area contributed by atoms with Crippen LogP contribution in [-0.2, 0) is 4.74 Å². The number of rotatable bonds is 7. The lowest BCUT2D eigenvalue weighted by molar-refractivity contribution is 0.112. The van der Waals surface area contributed by atoms with Gasteiger partial charge in [-0.3, -0.25) is 4.98 Å². The number of hydrogen-bond acceptors (Lipinski definition) is 5. The van der Waals surface area contributed by atoms with Crippen molar-refractivity contribution in [3.63, 3.8) is 0 Å². The predicted molar refractivity (Wildman–Crippen MR) is 132 cm³/mol. The van der Waals surface area contributed by atoms with Crippen LogP contribution < -0.4 is 10.2 Å². The van der Waals surface area contributed by atoms with Gasteiger partial charge in [0.2, 0.25) is 0 Å². The number of nitrogens with one attached hydrogen (secondary N) is 1. The highest BCUT2D eigenvalue weighted by molar-refractivity contribution is 5.94. The Kier molecular flexibility index (Phi) is 6.83. The molecular formula is C26H29ClN4O. The number of aromatic nitrogens is 1. The number of nitrogens with zero attached hydrogens (tertiary/aromatic N) is 3. The average molecular weight is 449 g/mol. The van der Waals surface area contributed by atoms with E-state index in [1.54, 1.807) is 0 Å². The van der Waals surface area contributed by atoms with Crippen molar-refractivity contribution in [3.05, 3.63) is 59.8 Å². The molecule has 1 aliphatic heterocycles. The second kappa shape index (κ2) is 9.77. The lowest BCUT2D eigenvalue weighted by Crippen LogP contribution is -2.33. The summed E-state index contributed by atoms with van der Waals surface area (Å²) in [7, 11) is 0. The number of aryl methyl sites for hydroxylation is 1. The molecule has 1 aromatic heterocycles. The number of hydrogen-bond donors (Lipinski definition) is 1. The summed E-state index contributed by atoms with van der Waals surface area (Å²) in [5.74, 6) is 0.806. The normalized spacial score (nSPS) is 17.8. The first-order valence-corrected chi connectivity index (χ1v) is 11.2. The zero-order valence-corrected chi connectivity index (χ0v) is 19.2. The summed E-state index contributed by atoms with van der Waals surface area (Å²) in [6.07, 6.45) is 5.06. The van der Waals surface area contributed by atoms with Gasteiger partial charge in [0.15, 0.2) is 0 Å². The van der Waals surface area contributed by atoms with Crippen LogP contribution in [-0.4, -0.2) is 30.8 Å². The SMILES string of the molecule is Cc1cc(N2CCC[C@H]2COCC2CC2)c2ccc(Nc3ccc(C#N)cc3)cc2n1.Cl. The number of ether oxygens (including phenoxy) is 1. The summed E-state index contributed by atoms with van der Waals surface area (Å²) in [6, 6.07) is 18.7. The van der Waals surface area contributed by atoms with Gasteiger partial charge in [0, 0.05) is 41.3 Å². The molecule has 1 N–H and O–H groups in total. The molecule has 6 heteroatoms. The molecule has 32 heavy (non-hydrogen) atoms. The molecule has 5 rings (SSSR count). The minimum Gasteiger partial charge on any atom is -0.379 e. The van der Waals surface area contributed by atoms with E-state index in [0.717, 1.165) is 48.3 Å². The summed E-state index contributed by atoms with van der Waals surface area (Å²) in [6.45, 7) is 4.88. The van der Waals surface area contributed by atoms with Crippen molar-refractivity contribution in [2.24, 2.45) is 5.92 Å². The first kappa shape index (κ1) is 22.4. The summed E-state index contributed by atoms with van der Waals surface area (Å²) >= 11 is 0. The lowest BCUT2D eigenvalue weighted by atomic mass is 10.1. The maximum Gasteiger partial charge on any atom is 0.0991 e. The van der Waals surface area contributed by atoms with E-state index in [2.05, 4.69) is 47.5 Å². The van der Waals surface area contributed by atoms with Crippen molar-refractivity contribution >= 4 is 40.4 Å². The Bertz CT molecular complexity index is 1120. The Labute approximate surface area is 195 Å². The number of fused-ring (bicyclic) bond motifs is 1. The van der Waals surface area contributed by atoms with Crippen LogP contribution in [0.3, 0.4) is 0 Å². The van der Waals surface area contributed by atoms with E-state index in [1.807, 2.05) is 24.3 Å². The fourth-order valence-corrected chi connectivity index (χ4v) is 4.43. The number of pyridine rings is 1. The first-order valence-electron chi connectivity index (χ1n) is 11.2. The second-order valence-electron chi connectivity index (χ2n) is 8.80. The molecule has 2 aliphatic rings. The largest absolute Gasteiger partial charge is 0.379 e. The summed E-state index contributed by atoms with van der Waals surface area (Å²) in [5.41, 5.74) is 5.91. The van der Waals surface area contributed by atoms with Gasteiger partial charge in [0.25, 0.3) is 0 Å². The van der Waals surface area contributed by atoms with E-state index >= 15 is 0 Å². The standard InChI is InChI=1S/C26H28N4O.ClH/c1-18-13-26(30-12-2-3-23(30)17-31-16-20-4-5-20)24-11-10-22(14-25(24)28-18)29-21-8-6-19(15-27)7-9-21;/h6-11,13-14,20,23,29H,2-5,12,16-17H2,1H3;1H/t23-;/m0./s1. The minimum atomic E-state index is 0.